The van der Waals surface area contributed by atoms with Gasteiger partial charge in [-0.3, -0.25) is 9.78 Å². The van der Waals surface area contributed by atoms with Gasteiger partial charge in [0.1, 0.15) is 0 Å². The van der Waals surface area contributed by atoms with E-state index in [-0.39, 0.29) is 0 Å². The van der Waals surface area contributed by atoms with Gasteiger partial charge >= 0.3 is 0 Å². The van der Waals surface area contributed by atoms with Crippen LogP contribution in [0.2, 0.25) is 0 Å². The SMILES string of the molecule is Cc1cc(NCCCN)c(C(N)=O)c(C)n1. The third-order valence-corrected chi connectivity index (χ3v) is 2.27. The van der Waals surface area contributed by atoms with Crippen LogP contribution in [0.15, 0.2) is 6.07 Å². The van der Waals surface area contributed by atoms with E-state index in [0.717, 1.165) is 24.3 Å². The fraction of sp³-hybridized carbons (Fsp3) is 0.455. The molecule has 5 N–H and O–H groups in total. The highest BCUT2D eigenvalue weighted by atomic mass is 16.1. The molecule has 0 aliphatic heterocycles. The molecule has 0 aromatic carbocycles. The Bertz CT molecular complexity index is 390. The van der Waals surface area contributed by atoms with Crippen molar-refractivity contribution in [2.24, 2.45) is 11.5 Å². The monoisotopic (exact) mass is 222 g/mol. The largest absolute Gasteiger partial charge is 0.384 e. The number of hydrogen-bond acceptors (Lipinski definition) is 4. The number of nitrogens with zero attached hydrogens (tertiary/aromatic N) is 1. The zero-order chi connectivity index (χ0) is 12.1. The first-order chi connectivity index (χ1) is 7.56. The molecule has 1 heterocycles. The molecule has 5 heteroatoms. The molecule has 1 amide bonds. The Hall–Kier alpha value is -1.62. The van der Waals surface area contributed by atoms with Gasteiger partial charge in [0.05, 0.1) is 16.9 Å². The number of anilines is 1. The van der Waals surface area contributed by atoms with E-state index < -0.39 is 5.91 Å². The van der Waals surface area contributed by atoms with E-state index in [4.69, 9.17) is 11.5 Å². The lowest BCUT2D eigenvalue weighted by Gasteiger charge is -2.12. The maximum Gasteiger partial charge on any atom is 0.252 e. The van der Waals surface area contributed by atoms with Gasteiger partial charge in [-0.05, 0) is 32.9 Å². The van der Waals surface area contributed by atoms with Gasteiger partial charge < -0.3 is 16.8 Å². The van der Waals surface area contributed by atoms with Crippen molar-refractivity contribution in [3.63, 3.8) is 0 Å². The standard InChI is InChI=1S/C11H18N4O/c1-7-6-9(14-5-3-4-12)10(11(13)16)8(2)15-7/h6H,3-5,12H2,1-2H3,(H2,13,16)(H,14,15). The molecule has 1 rings (SSSR count). The molecule has 0 fully saturated rings. The molecule has 0 spiro atoms. The van der Waals surface area contributed by atoms with Crippen molar-refractivity contribution in [1.82, 2.24) is 4.98 Å². The summed E-state index contributed by atoms with van der Waals surface area (Å²) >= 11 is 0. The zero-order valence-corrected chi connectivity index (χ0v) is 9.71. The van der Waals surface area contributed by atoms with Crippen LogP contribution >= 0.6 is 0 Å². The summed E-state index contributed by atoms with van der Waals surface area (Å²) in [5, 5.41) is 3.16. The Labute approximate surface area is 95.2 Å². The van der Waals surface area contributed by atoms with E-state index >= 15 is 0 Å². The van der Waals surface area contributed by atoms with Crippen molar-refractivity contribution in [2.45, 2.75) is 20.3 Å². The molecule has 0 atom stereocenters. The number of primary amides is 1. The van der Waals surface area contributed by atoms with Gasteiger partial charge in [0, 0.05) is 12.2 Å². The predicted octanol–water partition coefficient (Wildman–Crippen LogP) is 0.558. The number of aryl methyl sites for hydroxylation is 2. The lowest BCUT2D eigenvalue weighted by molar-refractivity contribution is 0.1000. The van der Waals surface area contributed by atoms with Crippen molar-refractivity contribution in [3.05, 3.63) is 23.0 Å². The van der Waals surface area contributed by atoms with E-state index in [1.54, 1.807) is 6.92 Å². The topological polar surface area (TPSA) is 94.0 Å². The third kappa shape index (κ3) is 2.93. The van der Waals surface area contributed by atoms with E-state index in [9.17, 15) is 4.79 Å². The minimum atomic E-state index is -0.458. The summed E-state index contributed by atoms with van der Waals surface area (Å²) in [4.78, 5) is 15.5. The molecule has 0 bridgehead atoms. The van der Waals surface area contributed by atoms with Gasteiger partial charge in [0.25, 0.3) is 5.91 Å². The predicted molar refractivity (Wildman–Crippen MR) is 64.4 cm³/mol. The highest BCUT2D eigenvalue weighted by molar-refractivity contribution is 5.99. The van der Waals surface area contributed by atoms with Crippen LogP contribution in [0, 0.1) is 13.8 Å². The maximum absolute atomic E-state index is 11.3. The molecule has 5 nitrogen and oxygen atoms in total. The molecule has 0 saturated carbocycles. The number of carbonyl (C=O) groups excluding carboxylic acids is 1. The first-order valence-corrected chi connectivity index (χ1v) is 5.28. The number of hydrogen-bond donors (Lipinski definition) is 3. The molecular formula is C11H18N4O. The van der Waals surface area contributed by atoms with Crippen LogP contribution in [0.4, 0.5) is 5.69 Å². The number of amides is 1. The second-order valence-electron chi connectivity index (χ2n) is 3.70. The Balaban J connectivity index is 2.99. The second-order valence-corrected chi connectivity index (χ2v) is 3.70. The summed E-state index contributed by atoms with van der Waals surface area (Å²) in [5.41, 5.74) is 13.4. The number of nitrogens with two attached hydrogens (primary N) is 2. The molecule has 0 aliphatic rings. The lowest BCUT2D eigenvalue weighted by atomic mass is 10.1. The molecule has 0 saturated heterocycles. The second kappa shape index (κ2) is 5.46. The highest BCUT2D eigenvalue weighted by Gasteiger charge is 2.12. The summed E-state index contributed by atoms with van der Waals surface area (Å²) in [6, 6.07) is 1.82. The molecule has 0 radical (unpaired) electrons. The van der Waals surface area contributed by atoms with Crippen molar-refractivity contribution in [1.29, 1.82) is 0 Å². The smallest absolute Gasteiger partial charge is 0.252 e. The minimum absolute atomic E-state index is 0.458. The van der Waals surface area contributed by atoms with Crippen LogP contribution in [0.5, 0.6) is 0 Å². The summed E-state index contributed by atoms with van der Waals surface area (Å²) in [5.74, 6) is -0.458. The van der Waals surface area contributed by atoms with Crippen LogP contribution in [0.3, 0.4) is 0 Å². The molecule has 88 valence electrons. The first kappa shape index (κ1) is 12.4. The summed E-state index contributed by atoms with van der Waals surface area (Å²) in [6.45, 7) is 4.99. The van der Waals surface area contributed by atoms with Crippen molar-refractivity contribution in [3.8, 4) is 0 Å². The maximum atomic E-state index is 11.3. The number of pyridine rings is 1. The van der Waals surface area contributed by atoms with E-state index in [1.165, 1.54) is 0 Å². The lowest BCUT2D eigenvalue weighted by Crippen LogP contribution is -2.18. The van der Waals surface area contributed by atoms with Gasteiger partial charge in [-0.25, -0.2) is 0 Å². The molecule has 1 aromatic rings. The number of aromatic nitrogens is 1. The first-order valence-electron chi connectivity index (χ1n) is 5.28. The van der Waals surface area contributed by atoms with Gasteiger partial charge in [-0.15, -0.1) is 0 Å². The molecule has 1 aromatic heterocycles. The number of nitrogens with one attached hydrogen (secondary N) is 1. The van der Waals surface area contributed by atoms with Crippen molar-refractivity contribution < 1.29 is 4.79 Å². The zero-order valence-electron chi connectivity index (χ0n) is 9.71. The van der Waals surface area contributed by atoms with Crippen LogP contribution in [-0.2, 0) is 0 Å². The van der Waals surface area contributed by atoms with Crippen LogP contribution in [0.25, 0.3) is 0 Å². The Morgan fingerprint density at radius 3 is 2.75 bits per heavy atom. The van der Waals surface area contributed by atoms with E-state index in [0.29, 0.717) is 17.8 Å². The molecule has 16 heavy (non-hydrogen) atoms. The van der Waals surface area contributed by atoms with Gasteiger partial charge in [0.15, 0.2) is 0 Å². The Kier molecular flexibility index (Phi) is 4.25. The van der Waals surface area contributed by atoms with Crippen LogP contribution in [-0.4, -0.2) is 24.0 Å². The highest BCUT2D eigenvalue weighted by Crippen LogP contribution is 2.18. The van der Waals surface area contributed by atoms with Gasteiger partial charge in [0.2, 0.25) is 0 Å². The third-order valence-electron chi connectivity index (χ3n) is 2.27. The Morgan fingerprint density at radius 2 is 2.19 bits per heavy atom. The molecular weight excluding hydrogens is 204 g/mol. The summed E-state index contributed by atoms with van der Waals surface area (Å²) in [6.07, 6.45) is 0.846. The quantitative estimate of drug-likeness (QED) is 0.634. The van der Waals surface area contributed by atoms with E-state index in [2.05, 4.69) is 10.3 Å². The average molecular weight is 222 g/mol. The van der Waals surface area contributed by atoms with Crippen molar-refractivity contribution >= 4 is 11.6 Å². The number of rotatable bonds is 5. The Morgan fingerprint density at radius 1 is 1.50 bits per heavy atom. The fourth-order valence-corrected chi connectivity index (χ4v) is 1.60. The summed E-state index contributed by atoms with van der Waals surface area (Å²) < 4.78 is 0. The number of carbonyl (C=O) groups is 1. The fourth-order valence-electron chi connectivity index (χ4n) is 1.60. The normalized spacial score (nSPS) is 10.2. The van der Waals surface area contributed by atoms with Gasteiger partial charge in [-0.1, -0.05) is 0 Å². The van der Waals surface area contributed by atoms with E-state index in [1.807, 2.05) is 13.0 Å². The van der Waals surface area contributed by atoms with Gasteiger partial charge in [-0.2, -0.15) is 0 Å². The van der Waals surface area contributed by atoms with Crippen LogP contribution in [0.1, 0.15) is 28.2 Å². The van der Waals surface area contributed by atoms with Crippen molar-refractivity contribution in [2.75, 3.05) is 18.4 Å². The minimum Gasteiger partial charge on any atom is -0.384 e. The molecule has 0 aliphatic carbocycles. The van der Waals surface area contributed by atoms with Crippen LogP contribution < -0.4 is 16.8 Å². The average Bonchev–Trinajstić information content (AvgIpc) is 2.16. The molecule has 0 unspecified atom stereocenters. The summed E-state index contributed by atoms with van der Waals surface area (Å²) in [7, 11) is 0.